The van der Waals surface area contributed by atoms with E-state index in [1.807, 2.05) is 42.2 Å². The van der Waals surface area contributed by atoms with Gasteiger partial charge in [-0.1, -0.05) is 6.92 Å². The molecule has 1 amide bonds. The van der Waals surface area contributed by atoms with E-state index in [9.17, 15) is 10.1 Å². The molecule has 132 valence electrons. The summed E-state index contributed by atoms with van der Waals surface area (Å²) >= 11 is 4.57. The lowest BCUT2D eigenvalue weighted by molar-refractivity contribution is -0.120. The second kappa shape index (κ2) is 7.01. The summed E-state index contributed by atoms with van der Waals surface area (Å²) < 4.78 is 5.51. The molecule has 0 aromatic heterocycles. The summed E-state index contributed by atoms with van der Waals surface area (Å²) in [6.45, 7) is 4.79. The standard InChI is InChI=1S/C19H23N3O2S/c1-3-24-15-6-4-14(5-7-15)22-18(25)16(12-20)17(23)21-19(22)10-8-13(2)9-11-19/h4-7,13,25H,3,8-11H2,1-2H3,(H,21,23). The van der Waals surface area contributed by atoms with E-state index in [2.05, 4.69) is 24.9 Å². The van der Waals surface area contributed by atoms with Crippen LogP contribution in [0.5, 0.6) is 5.75 Å². The highest BCUT2D eigenvalue weighted by Gasteiger charge is 2.46. The topological polar surface area (TPSA) is 65.4 Å². The van der Waals surface area contributed by atoms with Crippen molar-refractivity contribution in [2.24, 2.45) is 5.92 Å². The van der Waals surface area contributed by atoms with Crippen LogP contribution >= 0.6 is 12.6 Å². The van der Waals surface area contributed by atoms with Crippen LogP contribution in [0.2, 0.25) is 0 Å². The predicted molar refractivity (Wildman–Crippen MR) is 100 cm³/mol. The Morgan fingerprint density at radius 2 is 2.00 bits per heavy atom. The summed E-state index contributed by atoms with van der Waals surface area (Å²) in [5.41, 5.74) is 0.436. The molecule has 1 heterocycles. The monoisotopic (exact) mass is 357 g/mol. The van der Waals surface area contributed by atoms with Crippen molar-refractivity contribution in [2.45, 2.75) is 45.2 Å². The zero-order valence-corrected chi connectivity index (χ0v) is 15.5. The normalized spacial score (nSPS) is 26.4. The molecule has 5 nitrogen and oxygen atoms in total. The second-order valence-electron chi connectivity index (χ2n) is 6.74. The van der Waals surface area contributed by atoms with Crippen LogP contribution in [0.15, 0.2) is 34.9 Å². The van der Waals surface area contributed by atoms with Gasteiger partial charge < -0.3 is 15.0 Å². The third-order valence-electron chi connectivity index (χ3n) is 5.06. The van der Waals surface area contributed by atoms with Crippen molar-refractivity contribution in [1.82, 2.24) is 5.32 Å². The number of nitrogens with one attached hydrogen (secondary N) is 1. The minimum absolute atomic E-state index is 0.0569. The number of carbonyl (C=O) groups is 1. The van der Waals surface area contributed by atoms with Gasteiger partial charge in [-0.05, 0) is 62.8 Å². The highest BCUT2D eigenvalue weighted by Crippen LogP contribution is 2.43. The third kappa shape index (κ3) is 3.21. The molecule has 0 unspecified atom stereocenters. The van der Waals surface area contributed by atoms with E-state index in [0.717, 1.165) is 37.1 Å². The number of rotatable bonds is 3. The Morgan fingerprint density at radius 3 is 2.56 bits per heavy atom. The smallest absolute Gasteiger partial charge is 0.266 e. The highest BCUT2D eigenvalue weighted by atomic mass is 32.1. The number of carbonyl (C=O) groups excluding carboxylic acids is 1. The van der Waals surface area contributed by atoms with Crippen LogP contribution in [0.4, 0.5) is 5.69 Å². The number of thiol groups is 1. The summed E-state index contributed by atoms with van der Waals surface area (Å²) in [6, 6.07) is 9.70. The number of anilines is 1. The molecule has 1 N–H and O–H groups in total. The molecule has 6 heteroatoms. The van der Waals surface area contributed by atoms with E-state index in [0.29, 0.717) is 17.6 Å². The summed E-state index contributed by atoms with van der Waals surface area (Å²) in [4.78, 5) is 14.4. The first-order chi connectivity index (χ1) is 12.0. The van der Waals surface area contributed by atoms with Gasteiger partial charge in [0.05, 0.1) is 11.6 Å². The van der Waals surface area contributed by atoms with Crippen LogP contribution in [0.3, 0.4) is 0 Å². The molecule has 1 aromatic rings. The number of benzene rings is 1. The van der Waals surface area contributed by atoms with Crippen molar-refractivity contribution in [3.8, 4) is 11.8 Å². The molecule has 1 saturated carbocycles. The molecule has 0 atom stereocenters. The second-order valence-corrected chi connectivity index (χ2v) is 7.16. The Labute approximate surface area is 154 Å². The van der Waals surface area contributed by atoms with E-state index in [4.69, 9.17) is 4.74 Å². The van der Waals surface area contributed by atoms with Crippen LogP contribution in [0, 0.1) is 17.2 Å². The van der Waals surface area contributed by atoms with Crippen molar-refractivity contribution in [3.05, 3.63) is 34.9 Å². The van der Waals surface area contributed by atoms with Crippen molar-refractivity contribution >= 4 is 24.2 Å². The molecule has 1 fully saturated rings. The zero-order chi connectivity index (χ0) is 18.0. The quantitative estimate of drug-likeness (QED) is 0.812. The zero-order valence-electron chi connectivity index (χ0n) is 14.6. The minimum Gasteiger partial charge on any atom is -0.494 e. The first-order valence-corrected chi connectivity index (χ1v) is 9.14. The molecule has 25 heavy (non-hydrogen) atoms. The van der Waals surface area contributed by atoms with Gasteiger partial charge in [0, 0.05) is 5.69 Å². The fraction of sp³-hybridized carbons (Fsp3) is 0.474. The Morgan fingerprint density at radius 1 is 1.36 bits per heavy atom. The SMILES string of the molecule is CCOc1ccc(N2C(S)=C(C#N)C(=O)NC23CCC(C)CC3)cc1. The van der Waals surface area contributed by atoms with Gasteiger partial charge in [-0.25, -0.2) is 0 Å². The Hall–Kier alpha value is -2.13. The van der Waals surface area contributed by atoms with Gasteiger partial charge in [0.1, 0.15) is 23.1 Å². The van der Waals surface area contributed by atoms with E-state index in [1.54, 1.807) is 0 Å². The van der Waals surface area contributed by atoms with Crippen molar-refractivity contribution < 1.29 is 9.53 Å². The molecule has 0 bridgehead atoms. The Kier molecular flexibility index (Phi) is 4.96. The summed E-state index contributed by atoms with van der Waals surface area (Å²) in [5, 5.41) is 12.9. The molecular weight excluding hydrogens is 334 g/mol. The van der Waals surface area contributed by atoms with Gasteiger partial charge in [-0.3, -0.25) is 4.79 Å². The van der Waals surface area contributed by atoms with Gasteiger partial charge in [-0.2, -0.15) is 5.26 Å². The molecular formula is C19H23N3O2S. The lowest BCUT2D eigenvalue weighted by Crippen LogP contribution is -2.64. The van der Waals surface area contributed by atoms with Gasteiger partial charge in [0.25, 0.3) is 5.91 Å². The van der Waals surface area contributed by atoms with E-state index < -0.39 is 5.66 Å². The average Bonchev–Trinajstić information content (AvgIpc) is 2.59. The molecule has 1 aliphatic heterocycles. The molecule has 1 spiro atoms. The van der Waals surface area contributed by atoms with Crippen LogP contribution < -0.4 is 15.0 Å². The van der Waals surface area contributed by atoms with Crippen molar-refractivity contribution in [2.75, 3.05) is 11.5 Å². The van der Waals surface area contributed by atoms with E-state index in [1.165, 1.54) is 0 Å². The molecule has 3 rings (SSSR count). The van der Waals surface area contributed by atoms with Gasteiger partial charge in [0.2, 0.25) is 0 Å². The Bertz CT molecular complexity index is 728. The van der Waals surface area contributed by atoms with Crippen LogP contribution in [-0.2, 0) is 4.79 Å². The van der Waals surface area contributed by atoms with E-state index in [-0.39, 0.29) is 11.5 Å². The maximum atomic E-state index is 12.4. The maximum Gasteiger partial charge on any atom is 0.266 e. The predicted octanol–water partition coefficient (Wildman–Crippen LogP) is 3.59. The van der Waals surface area contributed by atoms with Gasteiger partial charge in [0.15, 0.2) is 0 Å². The van der Waals surface area contributed by atoms with Crippen LogP contribution in [0.1, 0.15) is 39.5 Å². The summed E-state index contributed by atoms with van der Waals surface area (Å²) in [5.74, 6) is 1.10. The molecule has 1 aliphatic carbocycles. The first kappa shape index (κ1) is 17.7. The highest BCUT2D eigenvalue weighted by molar-refractivity contribution is 7.84. The van der Waals surface area contributed by atoms with Gasteiger partial charge in [-0.15, -0.1) is 12.6 Å². The number of nitrogens with zero attached hydrogens (tertiary/aromatic N) is 2. The first-order valence-electron chi connectivity index (χ1n) is 8.69. The number of hydrogen-bond acceptors (Lipinski definition) is 5. The third-order valence-corrected chi connectivity index (χ3v) is 5.48. The average molecular weight is 357 g/mol. The molecule has 2 aliphatic rings. The summed E-state index contributed by atoms with van der Waals surface area (Å²) in [6.07, 6.45) is 3.71. The largest absolute Gasteiger partial charge is 0.494 e. The summed E-state index contributed by atoms with van der Waals surface area (Å²) in [7, 11) is 0. The fourth-order valence-electron chi connectivity index (χ4n) is 3.66. The van der Waals surface area contributed by atoms with Crippen LogP contribution in [0.25, 0.3) is 0 Å². The fourth-order valence-corrected chi connectivity index (χ4v) is 4.12. The Balaban J connectivity index is 2.05. The number of ether oxygens (including phenoxy) is 1. The molecule has 0 saturated heterocycles. The number of amides is 1. The maximum absolute atomic E-state index is 12.4. The van der Waals surface area contributed by atoms with Gasteiger partial charge >= 0.3 is 0 Å². The molecule has 0 radical (unpaired) electrons. The number of hydrogen-bond donors (Lipinski definition) is 2. The lowest BCUT2D eigenvalue weighted by Gasteiger charge is -2.51. The minimum atomic E-state index is -0.520. The number of nitriles is 1. The lowest BCUT2D eigenvalue weighted by atomic mass is 9.80. The molecule has 1 aromatic carbocycles. The van der Waals surface area contributed by atoms with Crippen molar-refractivity contribution in [3.63, 3.8) is 0 Å². The van der Waals surface area contributed by atoms with Crippen LogP contribution in [-0.4, -0.2) is 18.2 Å². The van der Waals surface area contributed by atoms with E-state index >= 15 is 0 Å². The van der Waals surface area contributed by atoms with Crippen molar-refractivity contribution in [1.29, 1.82) is 5.26 Å².